The van der Waals surface area contributed by atoms with E-state index in [2.05, 4.69) is 12.2 Å². The van der Waals surface area contributed by atoms with Crippen LogP contribution in [0.2, 0.25) is 0 Å². The molecule has 0 saturated carbocycles. The predicted octanol–water partition coefficient (Wildman–Crippen LogP) is 1.42. The molecule has 1 amide bonds. The minimum atomic E-state index is -0.228. The molecule has 0 fully saturated rings. The lowest BCUT2D eigenvalue weighted by Gasteiger charge is -2.27. The lowest BCUT2D eigenvalue weighted by atomic mass is 9.91. The van der Waals surface area contributed by atoms with Gasteiger partial charge in [-0.25, -0.2) is 0 Å². The molecule has 3 N–H and O–H groups in total. The molecule has 0 aliphatic heterocycles. The summed E-state index contributed by atoms with van der Waals surface area (Å²) in [6.45, 7) is 4.22. The van der Waals surface area contributed by atoms with Gasteiger partial charge in [-0.15, -0.1) is 0 Å². The Balaban J connectivity index is 3.88. The number of hydrogen-bond acceptors (Lipinski definition) is 2. The second kappa shape index (κ2) is 5.97. The molecule has 3 heteroatoms. The highest BCUT2D eigenvalue weighted by Crippen LogP contribution is 2.17. The minimum Gasteiger partial charge on any atom is -0.370 e. The fourth-order valence-corrected chi connectivity index (χ4v) is 1.45. The average Bonchev–Trinajstić information content (AvgIpc) is 2.04. The Bertz CT molecular complexity index is 159. The van der Waals surface area contributed by atoms with Gasteiger partial charge < -0.3 is 11.1 Å². The van der Waals surface area contributed by atoms with Gasteiger partial charge in [-0.1, -0.05) is 26.2 Å². The van der Waals surface area contributed by atoms with Crippen LogP contribution in [0.1, 0.15) is 46.0 Å². The number of rotatable bonds is 7. The van der Waals surface area contributed by atoms with Crippen molar-refractivity contribution >= 4 is 5.91 Å². The van der Waals surface area contributed by atoms with Gasteiger partial charge in [0.2, 0.25) is 5.91 Å². The Kier molecular flexibility index (Phi) is 5.71. The fourth-order valence-electron chi connectivity index (χ4n) is 1.45. The van der Waals surface area contributed by atoms with Crippen molar-refractivity contribution in [3.05, 3.63) is 0 Å². The molecule has 3 nitrogen and oxygen atoms in total. The van der Waals surface area contributed by atoms with E-state index in [1.54, 1.807) is 0 Å². The van der Waals surface area contributed by atoms with E-state index in [1.165, 1.54) is 12.8 Å². The third-order valence-electron chi connectivity index (χ3n) is 2.50. The Morgan fingerprint density at radius 1 is 1.46 bits per heavy atom. The number of hydrogen-bond donors (Lipinski definition) is 2. The first-order chi connectivity index (χ1) is 6.04. The molecule has 0 aromatic heterocycles. The lowest BCUT2D eigenvalue weighted by Crippen LogP contribution is -2.43. The van der Waals surface area contributed by atoms with Crippen LogP contribution in [0, 0.1) is 0 Å². The van der Waals surface area contributed by atoms with Gasteiger partial charge in [0, 0.05) is 12.0 Å². The maximum absolute atomic E-state index is 10.8. The third kappa shape index (κ3) is 5.64. The second-order valence-corrected chi connectivity index (χ2v) is 3.91. The summed E-state index contributed by atoms with van der Waals surface area (Å²) in [4.78, 5) is 10.8. The molecule has 0 saturated heterocycles. The zero-order chi connectivity index (χ0) is 10.3. The van der Waals surface area contributed by atoms with Crippen LogP contribution in [0.25, 0.3) is 0 Å². The van der Waals surface area contributed by atoms with Gasteiger partial charge in [0.05, 0.1) is 0 Å². The van der Waals surface area contributed by atoms with E-state index in [1.807, 2.05) is 14.0 Å². The second-order valence-electron chi connectivity index (χ2n) is 3.91. The van der Waals surface area contributed by atoms with E-state index in [4.69, 9.17) is 5.73 Å². The molecule has 0 rings (SSSR count). The van der Waals surface area contributed by atoms with Crippen molar-refractivity contribution in [3.8, 4) is 0 Å². The van der Waals surface area contributed by atoms with Crippen LogP contribution >= 0.6 is 0 Å². The Hall–Kier alpha value is -0.570. The summed E-state index contributed by atoms with van der Waals surface area (Å²) >= 11 is 0. The van der Waals surface area contributed by atoms with E-state index in [0.717, 1.165) is 12.8 Å². The molecule has 1 atom stereocenters. The number of amides is 1. The van der Waals surface area contributed by atoms with Gasteiger partial charge >= 0.3 is 0 Å². The van der Waals surface area contributed by atoms with Crippen molar-refractivity contribution < 1.29 is 4.79 Å². The molecule has 0 aliphatic carbocycles. The number of nitrogens with one attached hydrogen (secondary N) is 1. The van der Waals surface area contributed by atoms with Gasteiger partial charge in [-0.3, -0.25) is 4.79 Å². The first kappa shape index (κ1) is 12.4. The topological polar surface area (TPSA) is 55.1 Å². The van der Waals surface area contributed by atoms with Crippen LogP contribution in [0.3, 0.4) is 0 Å². The molecule has 1 unspecified atom stereocenters. The molecule has 0 aromatic carbocycles. The van der Waals surface area contributed by atoms with Crippen LogP contribution in [-0.4, -0.2) is 18.5 Å². The first-order valence-electron chi connectivity index (χ1n) is 5.01. The number of primary amides is 1. The SMILES string of the molecule is CCCCCC(C)(CC(N)=O)NC. The summed E-state index contributed by atoms with van der Waals surface area (Å²) in [7, 11) is 1.88. The van der Waals surface area contributed by atoms with Gasteiger partial charge in [0.25, 0.3) is 0 Å². The molecule has 0 aromatic rings. The van der Waals surface area contributed by atoms with Crippen molar-refractivity contribution in [1.82, 2.24) is 5.32 Å². The average molecular weight is 186 g/mol. The van der Waals surface area contributed by atoms with Gasteiger partial charge in [-0.05, 0) is 20.4 Å². The fraction of sp³-hybridized carbons (Fsp3) is 0.900. The van der Waals surface area contributed by atoms with E-state index >= 15 is 0 Å². The van der Waals surface area contributed by atoms with Gasteiger partial charge in [0.1, 0.15) is 0 Å². The van der Waals surface area contributed by atoms with Crippen molar-refractivity contribution in [2.45, 2.75) is 51.5 Å². The van der Waals surface area contributed by atoms with E-state index in [-0.39, 0.29) is 11.4 Å². The van der Waals surface area contributed by atoms with Crippen LogP contribution in [0.5, 0.6) is 0 Å². The molecule has 0 spiro atoms. The highest BCUT2D eigenvalue weighted by atomic mass is 16.1. The largest absolute Gasteiger partial charge is 0.370 e. The molecule has 0 aliphatic rings. The summed E-state index contributed by atoms with van der Waals surface area (Å²) < 4.78 is 0. The molecular weight excluding hydrogens is 164 g/mol. The monoisotopic (exact) mass is 186 g/mol. The van der Waals surface area contributed by atoms with Crippen molar-refractivity contribution in [2.75, 3.05) is 7.05 Å². The molecular formula is C10H22N2O. The predicted molar refractivity (Wildman–Crippen MR) is 55.4 cm³/mol. The quantitative estimate of drug-likeness (QED) is 0.591. The van der Waals surface area contributed by atoms with Gasteiger partial charge in [-0.2, -0.15) is 0 Å². The van der Waals surface area contributed by atoms with E-state index < -0.39 is 0 Å². The maximum Gasteiger partial charge on any atom is 0.219 e. The van der Waals surface area contributed by atoms with Gasteiger partial charge in [0.15, 0.2) is 0 Å². The van der Waals surface area contributed by atoms with Crippen molar-refractivity contribution in [3.63, 3.8) is 0 Å². The van der Waals surface area contributed by atoms with E-state index in [9.17, 15) is 4.79 Å². The third-order valence-corrected chi connectivity index (χ3v) is 2.50. The van der Waals surface area contributed by atoms with Crippen LogP contribution in [-0.2, 0) is 4.79 Å². The smallest absolute Gasteiger partial charge is 0.219 e. The molecule has 78 valence electrons. The van der Waals surface area contributed by atoms with Crippen molar-refractivity contribution in [1.29, 1.82) is 0 Å². The summed E-state index contributed by atoms with van der Waals surface area (Å²) in [5.41, 5.74) is 5.07. The van der Waals surface area contributed by atoms with Crippen LogP contribution < -0.4 is 11.1 Å². The molecule has 0 radical (unpaired) electrons. The lowest BCUT2D eigenvalue weighted by molar-refractivity contribution is -0.119. The number of carbonyl (C=O) groups is 1. The molecule has 13 heavy (non-hydrogen) atoms. The Labute approximate surface area is 81.1 Å². The van der Waals surface area contributed by atoms with Crippen LogP contribution in [0.15, 0.2) is 0 Å². The first-order valence-corrected chi connectivity index (χ1v) is 5.01. The summed E-state index contributed by atoms with van der Waals surface area (Å²) in [6.07, 6.45) is 5.01. The summed E-state index contributed by atoms with van der Waals surface area (Å²) in [6, 6.07) is 0. The maximum atomic E-state index is 10.8. The van der Waals surface area contributed by atoms with Crippen LogP contribution in [0.4, 0.5) is 0 Å². The molecule has 0 heterocycles. The summed E-state index contributed by atoms with van der Waals surface area (Å²) in [5.74, 6) is -0.228. The normalized spacial score (nSPS) is 15.3. The van der Waals surface area contributed by atoms with E-state index in [0.29, 0.717) is 6.42 Å². The Morgan fingerprint density at radius 2 is 2.08 bits per heavy atom. The zero-order valence-corrected chi connectivity index (χ0v) is 9.02. The minimum absolute atomic E-state index is 0.110. The molecule has 0 bridgehead atoms. The standard InChI is InChI=1S/C10H22N2O/c1-4-5-6-7-10(2,12-3)8-9(11)13/h12H,4-8H2,1-3H3,(H2,11,13). The summed E-state index contributed by atoms with van der Waals surface area (Å²) in [5, 5.41) is 3.17. The van der Waals surface area contributed by atoms with Crippen molar-refractivity contribution in [2.24, 2.45) is 5.73 Å². The Morgan fingerprint density at radius 3 is 2.46 bits per heavy atom. The number of nitrogens with two attached hydrogens (primary N) is 1. The highest BCUT2D eigenvalue weighted by Gasteiger charge is 2.23. The number of carbonyl (C=O) groups excluding carboxylic acids is 1. The zero-order valence-electron chi connectivity index (χ0n) is 9.02. The number of unbranched alkanes of at least 4 members (excludes halogenated alkanes) is 2. The highest BCUT2D eigenvalue weighted by molar-refractivity contribution is 5.75.